The van der Waals surface area contributed by atoms with Crippen LogP contribution in [-0.4, -0.2) is 41.9 Å². The molecular weight excluding hydrogens is 398 g/mol. The molecule has 0 radical (unpaired) electrons. The number of piperidine rings is 1. The fourth-order valence-corrected chi connectivity index (χ4v) is 4.34. The summed E-state index contributed by atoms with van der Waals surface area (Å²) >= 11 is 1.44. The van der Waals surface area contributed by atoms with E-state index < -0.39 is 0 Å². The fraction of sp³-hybridized carbons (Fsp3) is 0.261. The second-order valence-corrected chi connectivity index (χ2v) is 8.07. The minimum absolute atomic E-state index is 0.0455. The van der Waals surface area contributed by atoms with E-state index in [0.29, 0.717) is 18.8 Å². The molecule has 1 N–H and O–H groups in total. The average Bonchev–Trinajstić information content (AvgIpc) is 3.30. The van der Waals surface area contributed by atoms with Crippen molar-refractivity contribution in [2.75, 3.05) is 25.5 Å². The highest BCUT2D eigenvalue weighted by molar-refractivity contribution is 7.13. The van der Waals surface area contributed by atoms with Gasteiger partial charge in [0.25, 0.3) is 5.91 Å². The van der Waals surface area contributed by atoms with E-state index >= 15 is 0 Å². The van der Waals surface area contributed by atoms with Crippen LogP contribution in [0.3, 0.4) is 0 Å². The third-order valence-corrected chi connectivity index (χ3v) is 6.07. The number of carbonyl (C=O) groups is 2. The first-order valence-corrected chi connectivity index (χ1v) is 10.8. The lowest BCUT2D eigenvalue weighted by Crippen LogP contribution is -2.43. The first-order chi connectivity index (χ1) is 14.6. The molecule has 1 saturated heterocycles. The summed E-state index contributed by atoms with van der Waals surface area (Å²) < 4.78 is 5.18. The lowest BCUT2D eigenvalue weighted by atomic mass is 9.96. The molecule has 154 valence electrons. The number of para-hydroxylation sites is 1. The molecule has 4 rings (SSSR count). The van der Waals surface area contributed by atoms with Gasteiger partial charge in [-0.25, -0.2) is 4.98 Å². The van der Waals surface area contributed by atoms with Crippen molar-refractivity contribution in [2.45, 2.75) is 12.8 Å². The molecule has 30 heavy (non-hydrogen) atoms. The van der Waals surface area contributed by atoms with Gasteiger partial charge >= 0.3 is 0 Å². The number of aromatic nitrogens is 1. The maximum absolute atomic E-state index is 13.0. The van der Waals surface area contributed by atoms with Crippen LogP contribution in [0.25, 0.3) is 10.6 Å². The Morgan fingerprint density at radius 1 is 1.13 bits per heavy atom. The van der Waals surface area contributed by atoms with Crippen LogP contribution in [0.1, 0.15) is 23.3 Å². The van der Waals surface area contributed by atoms with Crippen molar-refractivity contribution >= 4 is 28.8 Å². The highest BCUT2D eigenvalue weighted by Gasteiger charge is 2.30. The normalized spacial score (nSPS) is 16.2. The number of anilines is 1. The molecule has 1 atom stereocenters. The topological polar surface area (TPSA) is 71.5 Å². The van der Waals surface area contributed by atoms with Crippen LogP contribution in [0.4, 0.5) is 5.69 Å². The Morgan fingerprint density at radius 3 is 2.63 bits per heavy atom. The number of nitrogens with zero attached hydrogens (tertiary/aromatic N) is 2. The number of likely N-dealkylation sites (tertiary alicyclic amines) is 1. The van der Waals surface area contributed by atoms with Crippen molar-refractivity contribution in [3.05, 3.63) is 65.7 Å². The van der Waals surface area contributed by atoms with Crippen molar-refractivity contribution in [3.8, 4) is 16.3 Å². The van der Waals surface area contributed by atoms with E-state index in [2.05, 4.69) is 10.3 Å². The van der Waals surface area contributed by atoms with E-state index in [0.717, 1.165) is 34.8 Å². The highest BCUT2D eigenvalue weighted by Crippen LogP contribution is 2.27. The van der Waals surface area contributed by atoms with Crippen LogP contribution >= 0.6 is 11.3 Å². The minimum atomic E-state index is -0.220. The Morgan fingerprint density at radius 2 is 1.90 bits per heavy atom. The fourth-order valence-electron chi connectivity index (χ4n) is 3.54. The number of rotatable bonds is 5. The SMILES string of the molecule is COc1ccc(-c2nc(C(=O)N3CCC[C@H](C(=O)Nc4ccccc4)C3)cs2)cc1. The molecule has 0 unspecified atom stereocenters. The molecule has 1 aromatic heterocycles. The monoisotopic (exact) mass is 421 g/mol. The van der Waals surface area contributed by atoms with Crippen molar-refractivity contribution in [1.29, 1.82) is 0 Å². The molecule has 2 aromatic carbocycles. The maximum atomic E-state index is 13.0. The van der Waals surface area contributed by atoms with Gasteiger partial charge < -0.3 is 15.0 Å². The molecule has 0 spiro atoms. The zero-order valence-electron chi connectivity index (χ0n) is 16.7. The summed E-state index contributed by atoms with van der Waals surface area (Å²) in [6.07, 6.45) is 1.57. The number of methoxy groups -OCH3 is 1. The van der Waals surface area contributed by atoms with Crippen molar-refractivity contribution in [2.24, 2.45) is 5.92 Å². The molecule has 6 nitrogen and oxygen atoms in total. The standard InChI is InChI=1S/C23H23N3O3S/c1-29-19-11-9-16(10-12-19)22-25-20(15-30-22)23(28)26-13-5-6-17(14-26)21(27)24-18-7-3-2-4-8-18/h2-4,7-12,15,17H,5-6,13-14H2,1H3,(H,24,27)/t17-/m0/s1. The number of benzene rings is 2. The molecule has 2 amide bonds. The first-order valence-electron chi connectivity index (χ1n) is 9.89. The minimum Gasteiger partial charge on any atom is -0.497 e. The second-order valence-electron chi connectivity index (χ2n) is 7.21. The summed E-state index contributed by atoms with van der Waals surface area (Å²) in [7, 11) is 1.63. The molecule has 7 heteroatoms. The van der Waals surface area contributed by atoms with Crippen LogP contribution in [0.5, 0.6) is 5.75 Å². The first kappa shape index (κ1) is 20.1. The molecule has 0 saturated carbocycles. The smallest absolute Gasteiger partial charge is 0.273 e. The van der Waals surface area contributed by atoms with Crippen LogP contribution < -0.4 is 10.1 Å². The van der Waals surface area contributed by atoms with Gasteiger partial charge in [-0.15, -0.1) is 11.3 Å². The third kappa shape index (κ3) is 4.52. The Hall–Kier alpha value is -3.19. The largest absolute Gasteiger partial charge is 0.497 e. The molecule has 0 aliphatic carbocycles. The Kier molecular flexibility index (Phi) is 6.09. The van der Waals surface area contributed by atoms with E-state index in [1.54, 1.807) is 17.4 Å². The summed E-state index contributed by atoms with van der Waals surface area (Å²) in [4.78, 5) is 31.9. The van der Waals surface area contributed by atoms with E-state index in [1.165, 1.54) is 11.3 Å². The Labute approximate surface area is 179 Å². The van der Waals surface area contributed by atoms with Crippen LogP contribution in [0, 0.1) is 5.92 Å². The molecule has 1 aliphatic heterocycles. The summed E-state index contributed by atoms with van der Waals surface area (Å²) in [5.41, 5.74) is 2.14. The predicted octanol–water partition coefficient (Wildman–Crippen LogP) is 4.31. The summed E-state index contributed by atoms with van der Waals surface area (Å²) in [5, 5.41) is 5.52. The number of thiazole rings is 1. The summed E-state index contributed by atoms with van der Waals surface area (Å²) in [6.45, 7) is 1.05. The van der Waals surface area contributed by atoms with Crippen molar-refractivity contribution < 1.29 is 14.3 Å². The van der Waals surface area contributed by atoms with Gasteiger partial charge in [-0.3, -0.25) is 9.59 Å². The molecule has 1 fully saturated rings. The van der Waals surface area contributed by atoms with Crippen LogP contribution in [0.15, 0.2) is 60.0 Å². The van der Waals surface area contributed by atoms with E-state index in [4.69, 9.17) is 4.74 Å². The lowest BCUT2D eigenvalue weighted by Gasteiger charge is -2.31. The summed E-state index contributed by atoms with van der Waals surface area (Å²) in [5.74, 6) is 0.390. The second kappa shape index (κ2) is 9.09. The van der Waals surface area contributed by atoms with Gasteiger partial charge in [0.05, 0.1) is 13.0 Å². The molecule has 0 bridgehead atoms. The zero-order valence-corrected chi connectivity index (χ0v) is 17.5. The zero-order chi connectivity index (χ0) is 20.9. The van der Waals surface area contributed by atoms with Gasteiger partial charge in [-0.1, -0.05) is 18.2 Å². The van der Waals surface area contributed by atoms with E-state index in [-0.39, 0.29) is 17.7 Å². The number of carbonyl (C=O) groups excluding carboxylic acids is 2. The summed E-state index contributed by atoms with van der Waals surface area (Å²) in [6, 6.07) is 17.0. The van der Waals surface area contributed by atoms with E-state index in [1.807, 2.05) is 54.6 Å². The average molecular weight is 422 g/mol. The van der Waals surface area contributed by atoms with Gasteiger partial charge in [-0.2, -0.15) is 0 Å². The molecular formula is C23H23N3O3S. The van der Waals surface area contributed by atoms with Crippen LogP contribution in [-0.2, 0) is 4.79 Å². The molecule has 3 aromatic rings. The van der Waals surface area contributed by atoms with Gasteiger partial charge in [0.15, 0.2) is 0 Å². The molecule has 1 aliphatic rings. The number of hydrogen-bond donors (Lipinski definition) is 1. The predicted molar refractivity (Wildman–Crippen MR) is 118 cm³/mol. The number of nitrogens with one attached hydrogen (secondary N) is 1. The lowest BCUT2D eigenvalue weighted by molar-refractivity contribution is -0.121. The number of ether oxygens (including phenoxy) is 1. The van der Waals surface area contributed by atoms with Gasteiger partial charge in [0.1, 0.15) is 16.5 Å². The van der Waals surface area contributed by atoms with Crippen molar-refractivity contribution in [3.63, 3.8) is 0 Å². The number of amides is 2. The Bertz CT molecular complexity index is 1020. The Balaban J connectivity index is 1.41. The van der Waals surface area contributed by atoms with Gasteiger partial charge in [0.2, 0.25) is 5.91 Å². The van der Waals surface area contributed by atoms with Gasteiger partial charge in [-0.05, 0) is 49.2 Å². The third-order valence-electron chi connectivity index (χ3n) is 5.18. The quantitative estimate of drug-likeness (QED) is 0.666. The van der Waals surface area contributed by atoms with Crippen molar-refractivity contribution in [1.82, 2.24) is 9.88 Å². The number of hydrogen-bond acceptors (Lipinski definition) is 5. The maximum Gasteiger partial charge on any atom is 0.273 e. The molecule has 2 heterocycles. The highest BCUT2D eigenvalue weighted by atomic mass is 32.1. The van der Waals surface area contributed by atoms with Gasteiger partial charge in [0, 0.05) is 29.7 Å². The van der Waals surface area contributed by atoms with Crippen LogP contribution in [0.2, 0.25) is 0 Å². The van der Waals surface area contributed by atoms with E-state index in [9.17, 15) is 9.59 Å².